The first-order chi connectivity index (χ1) is 16.8. The summed E-state index contributed by atoms with van der Waals surface area (Å²) in [6.45, 7) is 3.98. The Bertz CT molecular complexity index is 751. The lowest BCUT2D eigenvalue weighted by Gasteiger charge is -2.10. The molecule has 0 spiro atoms. The fraction of sp³-hybridized carbons (Fsp3) is 0.700. The molecular weight excluding hydrogens is 416 g/mol. The molecule has 2 rings (SSSR count). The van der Waals surface area contributed by atoms with Gasteiger partial charge in [0.1, 0.15) is 0 Å². The molecule has 1 aromatic heterocycles. The van der Waals surface area contributed by atoms with E-state index in [1.165, 1.54) is 119 Å². The normalized spacial score (nSPS) is 11.2. The van der Waals surface area contributed by atoms with Gasteiger partial charge in [0.15, 0.2) is 5.96 Å². The number of aromatic amines is 1. The third-order valence-electron chi connectivity index (χ3n) is 6.95. The van der Waals surface area contributed by atoms with Crippen molar-refractivity contribution in [2.75, 3.05) is 13.1 Å². The number of rotatable bonds is 21. The van der Waals surface area contributed by atoms with E-state index < -0.39 is 0 Å². The lowest BCUT2D eigenvalue weighted by molar-refractivity contribution is 0.526. The Morgan fingerprint density at radius 2 is 1.18 bits per heavy atom. The number of unbranched alkanes of at least 4 members (excludes halogenated alkanes) is 16. The van der Waals surface area contributed by atoms with Crippen molar-refractivity contribution in [3.05, 3.63) is 36.0 Å². The van der Waals surface area contributed by atoms with Crippen molar-refractivity contribution in [3.63, 3.8) is 0 Å². The van der Waals surface area contributed by atoms with E-state index in [9.17, 15) is 0 Å². The number of fused-ring (bicyclic) bond motifs is 1. The first kappa shape index (κ1) is 28.3. The van der Waals surface area contributed by atoms with E-state index in [1.807, 2.05) is 0 Å². The summed E-state index contributed by atoms with van der Waals surface area (Å²) in [5.74, 6) is 0.455. The molecule has 0 aliphatic carbocycles. The summed E-state index contributed by atoms with van der Waals surface area (Å²) in [6.07, 6.45) is 26.8. The van der Waals surface area contributed by atoms with E-state index in [0.717, 1.165) is 25.9 Å². The molecule has 4 N–H and O–H groups in total. The highest BCUT2D eigenvalue weighted by Crippen LogP contribution is 2.17. The molecule has 0 unspecified atom stereocenters. The maximum absolute atomic E-state index is 8.05. The number of hydrogen-bond donors (Lipinski definition) is 4. The standard InChI is InChI=1S/C30H52N4/c1-2-3-4-5-6-7-8-9-10-11-12-13-14-15-16-17-20-24-32-30(31)33-25-23-27-26-34-29-22-19-18-21-28(27)29/h18-19,21-22,26,34H,2-17,20,23-25H2,1H3,(H3,31,32,33). The van der Waals surface area contributed by atoms with Crippen LogP contribution in [0.2, 0.25) is 0 Å². The molecule has 0 aliphatic rings. The van der Waals surface area contributed by atoms with Gasteiger partial charge < -0.3 is 15.6 Å². The topological polar surface area (TPSA) is 63.7 Å². The number of hydrogen-bond acceptors (Lipinski definition) is 1. The summed E-state index contributed by atoms with van der Waals surface area (Å²) < 4.78 is 0. The monoisotopic (exact) mass is 468 g/mol. The summed E-state index contributed by atoms with van der Waals surface area (Å²) in [7, 11) is 0. The van der Waals surface area contributed by atoms with Gasteiger partial charge in [0.05, 0.1) is 0 Å². The zero-order chi connectivity index (χ0) is 24.1. The molecule has 0 radical (unpaired) electrons. The van der Waals surface area contributed by atoms with Crippen LogP contribution in [0.5, 0.6) is 0 Å². The molecule has 0 bridgehead atoms. The average molecular weight is 469 g/mol. The number of nitrogens with one attached hydrogen (secondary N) is 4. The number of aromatic nitrogens is 1. The Morgan fingerprint density at radius 3 is 1.76 bits per heavy atom. The molecule has 0 saturated carbocycles. The lowest BCUT2D eigenvalue weighted by atomic mass is 10.0. The van der Waals surface area contributed by atoms with E-state index in [0.29, 0.717) is 5.96 Å². The van der Waals surface area contributed by atoms with Crippen LogP contribution in [0.4, 0.5) is 0 Å². The van der Waals surface area contributed by atoms with Crippen molar-refractivity contribution >= 4 is 16.9 Å². The molecule has 1 heterocycles. The summed E-state index contributed by atoms with van der Waals surface area (Å²) in [5.41, 5.74) is 2.49. The Balaban J connectivity index is 1.29. The van der Waals surface area contributed by atoms with Crippen LogP contribution >= 0.6 is 0 Å². The summed E-state index contributed by atoms with van der Waals surface area (Å²) in [4.78, 5) is 3.32. The van der Waals surface area contributed by atoms with Crippen molar-refractivity contribution in [2.24, 2.45) is 0 Å². The quantitative estimate of drug-likeness (QED) is 0.0843. The van der Waals surface area contributed by atoms with E-state index in [2.05, 4.69) is 53.0 Å². The molecule has 0 atom stereocenters. The molecule has 1 aromatic carbocycles. The van der Waals surface area contributed by atoms with Gasteiger partial charge in [0.2, 0.25) is 0 Å². The highest BCUT2D eigenvalue weighted by atomic mass is 15.1. The number of guanidine groups is 1. The van der Waals surface area contributed by atoms with Gasteiger partial charge in [-0.15, -0.1) is 0 Å². The van der Waals surface area contributed by atoms with Gasteiger partial charge in [0.25, 0.3) is 0 Å². The molecule has 192 valence electrons. The average Bonchev–Trinajstić information content (AvgIpc) is 3.26. The molecule has 0 fully saturated rings. The molecule has 4 nitrogen and oxygen atoms in total. The van der Waals surface area contributed by atoms with E-state index >= 15 is 0 Å². The largest absolute Gasteiger partial charge is 0.361 e. The minimum Gasteiger partial charge on any atom is -0.361 e. The second-order valence-electron chi connectivity index (χ2n) is 9.99. The SMILES string of the molecule is CCCCCCCCCCCCCCCCCCCNC(=N)NCCc1c[nH]c2ccccc12. The van der Waals surface area contributed by atoms with Crippen molar-refractivity contribution in [1.82, 2.24) is 15.6 Å². The third kappa shape index (κ3) is 13.1. The van der Waals surface area contributed by atoms with Gasteiger partial charge in [-0.05, 0) is 24.5 Å². The van der Waals surface area contributed by atoms with Crippen molar-refractivity contribution in [2.45, 2.75) is 122 Å². The predicted octanol–water partition coefficient (Wildman–Crippen LogP) is 8.48. The second kappa shape index (κ2) is 19.3. The van der Waals surface area contributed by atoms with Gasteiger partial charge in [0, 0.05) is 30.2 Å². The van der Waals surface area contributed by atoms with E-state index in [-0.39, 0.29) is 0 Å². The lowest BCUT2D eigenvalue weighted by Crippen LogP contribution is -2.37. The second-order valence-corrected chi connectivity index (χ2v) is 9.99. The Morgan fingerprint density at radius 1 is 0.676 bits per heavy atom. The third-order valence-corrected chi connectivity index (χ3v) is 6.95. The van der Waals surface area contributed by atoms with Gasteiger partial charge >= 0.3 is 0 Å². The van der Waals surface area contributed by atoms with Crippen molar-refractivity contribution < 1.29 is 0 Å². The van der Waals surface area contributed by atoms with E-state index in [1.54, 1.807) is 0 Å². The van der Waals surface area contributed by atoms with Gasteiger partial charge in [-0.3, -0.25) is 5.41 Å². The number of H-pyrrole nitrogens is 1. The van der Waals surface area contributed by atoms with E-state index in [4.69, 9.17) is 5.41 Å². The van der Waals surface area contributed by atoms with Crippen LogP contribution in [0.3, 0.4) is 0 Å². The Hall–Kier alpha value is -1.97. The predicted molar refractivity (Wildman–Crippen MR) is 150 cm³/mol. The van der Waals surface area contributed by atoms with Crippen LogP contribution in [0.1, 0.15) is 122 Å². The highest BCUT2D eigenvalue weighted by Gasteiger charge is 2.03. The van der Waals surface area contributed by atoms with Gasteiger partial charge in [-0.25, -0.2) is 0 Å². The molecular formula is C30H52N4. The molecule has 4 heteroatoms. The number of benzene rings is 1. The molecule has 0 aliphatic heterocycles. The van der Waals surface area contributed by atoms with Crippen LogP contribution in [0, 0.1) is 5.41 Å². The molecule has 34 heavy (non-hydrogen) atoms. The van der Waals surface area contributed by atoms with Crippen LogP contribution in [0.15, 0.2) is 30.5 Å². The number of para-hydroxylation sites is 1. The fourth-order valence-electron chi connectivity index (χ4n) is 4.79. The summed E-state index contributed by atoms with van der Waals surface area (Å²) >= 11 is 0. The highest BCUT2D eigenvalue weighted by molar-refractivity contribution is 5.83. The maximum atomic E-state index is 8.05. The van der Waals surface area contributed by atoms with Crippen molar-refractivity contribution in [3.8, 4) is 0 Å². The van der Waals surface area contributed by atoms with Crippen LogP contribution in [0.25, 0.3) is 10.9 Å². The first-order valence-corrected chi connectivity index (χ1v) is 14.4. The summed E-state index contributed by atoms with van der Waals surface area (Å²) in [6, 6.07) is 8.40. The molecule has 0 amide bonds. The van der Waals surface area contributed by atoms with Crippen molar-refractivity contribution in [1.29, 1.82) is 5.41 Å². The Kier molecular flexibility index (Phi) is 16.1. The van der Waals surface area contributed by atoms with Gasteiger partial charge in [-0.1, -0.05) is 128 Å². The van der Waals surface area contributed by atoms with Crippen LogP contribution in [-0.4, -0.2) is 24.0 Å². The fourth-order valence-corrected chi connectivity index (χ4v) is 4.79. The minimum atomic E-state index is 0.455. The Labute approximate surface area is 209 Å². The minimum absolute atomic E-state index is 0.455. The smallest absolute Gasteiger partial charge is 0.188 e. The molecule has 0 saturated heterocycles. The zero-order valence-corrected chi connectivity index (χ0v) is 22.0. The van der Waals surface area contributed by atoms with Gasteiger partial charge in [-0.2, -0.15) is 0 Å². The zero-order valence-electron chi connectivity index (χ0n) is 22.0. The first-order valence-electron chi connectivity index (χ1n) is 14.4. The van der Waals surface area contributed by atoms with Crippen LogP contribution in [-0.2, 0) is 6.42 Å². The molecule has 2 aromatic rings. The summed E-state index contributed by atoms with van der Waals surface area (Å²) in [5, 5.41) is 15.8. The maximum Gasteiger partial charge on any atom is 0.188 e. The van der Waals surface area contributed by atoms with Crippen LogP contribution < -0.4 is 10.6 Å².